The van der Waals surface area contributed by atoms with Gasteiger partial charge in [-0.3, -0.25) is 4.79 Å². The molecule has 2 nitrogen and oxygen atoms in total. The highest BCUT2D eigenvalue weighted by atomic mass is 16.2. The van der Waals surface area contributed by atoms with Crippen LogP contribution >= 0.6 is 0 Å². The molecule has 0 aliphatic carbocycles. The summed E-state index contributed by atoms with van der Waals surface area (Å²) in [5.41, 5.74) is 2.96. The molecule has 0 saturated heterocycles. The number of carbonyl (C=O) groups is 1. The molecule has 128 valence electrons. The molecule has 0 atom stereocenters. The maximum atomic E-state index is 11.8. The number of nitrogens with zero attached hydrogens (tertiary/aromatic N) is 1. The first kappa shape index (κ1) is 20.9. The summed E-state index contributed by atoms with van der Waals surface area (Å²) >= 11 is 0. The lowest BCUT2D eigenvalue weighted by atomic mass is 9.87. The van der Waals surface area contributed by atoms with Gasteiger partial charge in [0.2, 0.25) is 5.91 Å². The van der Waals surface area contributed by atoms with Gasteiger partial charge >= 0.3 is 0 Å². The smallest absolute Gasteiger partial charge is 0.219 e. The summed E-state index contributed by atoms with van der Waals surface area (Å²) in [4.78, 5) is 13.8. The van der Waals surface area contributed by atoms with Gasteiger partial charge in [0.15, 0.2) is 0 Å². The van der Waals surface area contributed by atoms with Gasteiger partial charge in [0, 0.05) is 20.0 Å². The van der Waals surface area contributed by atoms with Crippen molar-refractivity contribution in [2.75, 3.05) is 13.1 Å². The van der Waals surface area contributed by atoms with Crippen LogP contribution in [0.3, 0.4) is 0 Å². The lowest BCUT2D eigenvalue weighted by Gasteiger charge is -2.32. The zero-order valence-corrected chi connectivity index (χ0v) is 16.1. The Morgan fingerprint density at radius 2 is 1.68 bits per heavy atom. The van der Waals surface area contributed by atoms with Gasteiger partial charge in [-0.2, -0.15) is 0 Å². The minimum atomic E-state index is 0.123. The molecular formula is C20H37NO. The molecule has 0 N–H and O–H groups in total. The summed E-state index contributed by atoms with van der Waals surface area (Å²) in [6, 6.07) is 0. The van der Waals surface area contributed by atoms with Crippen LogP contribution in [-0.4, -0.2) is 23.9 Å². The van der Waals surface area contributed by atoms with E-state index in [9.17, 15) is 4.79 Å². The lowest BCUT2D eigenvalue weighted by Crippen LogP contribution is -2.39. The predicted octanol–water partition coefficient (Wildman–Crippen LogP) is 5.60. The molecule has 0 radical (unpaired) electrons. The van der Waals surface area contributed by atoms with Crippen molar-refractivity contribution in [1.82, 2.24) is 4.90 Å². The van der Waals surface area contributed by atoms with Crippen molar-refractivity contribution < 1.29 is 4.79 Å². The fourth-order valence-corrected chi connectivity index (χ4v) is 2.47. The molecule has 22 heavy (non-hydrogen) atoms. The van der Waals surface area contributed by atoms with Crippen LogP contribution < -0.4 is 0 Å². The molecule has 0 aromatic carbocycles. The van der Waals surface area contributed by atoms with E-state index in [-0.39, 0.29) is 11.3 Å². The SMILES string of the molecule is CC(=O)N(CC(C)C)CC(C)(C)C/C=C(/C)CCC=C(C)C. The van der Waals surface area contributed by atoms with Crippen molar-refractivity contribution in [3.63, 3.8) is 0 Å². The summed E-state index contributed by atoms with van der Waals surface area (Å²) in [5, 5.41) is 0. The number of amides is 1. The van der Waals surface area contributed by atoms with Crippen molar-refractivity contribution in [3.8, 4) is 0 Å². The van der Waals surface area contributed by atoms with Gasteiger partial charge in [-0.25, -0.2) is 0 Å². The van der Waals surface area contributed by atoms with Crippen molar-refractivity contribution in [2.24, 2.45) is 11.3 Å². The van der Waals surface area contributed by atoms with Crippen LogP contribution in [-0.2, 0) is 4.79 Å². The van der Waals surface area contributed by atoms with Gasteiger partial charge in [0.25, 0.3) is 0 Å². The fraction of sp³-hybridized carbons (Fsp3) is 0.750. The molecule has 0 saturated carbocycles. The summed E-state index contributed by atoms with van der Waals surface area (Å²) in [6.07, 6.45) is 7.92. The highest BCUT2D eigenvalue weighted by Gasteiger charge is 2.22. The minimum absolute atomic E-state index is 0.123. The summed E-state index contributed by atoms with van der Waals surface area (Å²) in [5.74, 6) is 0.701. The summed E-state index contributed by atoms with van der Waals surface area (Å²) < 4.78 is 0. The maximum Gasteiger partial charge on any atom is 0.219 e. The highest BCUT2D eigenvalue weighted by molar-refractivity contribution is 5.73. The average molecular weight is 308 g/mol. The summed E-state index contributed by atoms with van der Waals surface area (Å²) in [6.45, 7) is 18.7. The monoisotopic (exact) mass is 307 g/mol. The first-order valence-electron chi connectivity index (χ1n) is 8.58. The van der Waals surface area contributed by atoms with Gasteiger partial charge in [0.1, 0.15) is 0 Å². The largest absolute Gasteiger partial charge is 0.342 e. The summed E-state index contributed by atoms with van der Waals surface area (Å²) in [7, 11) is 0. The standard InChI is InChI=1S/C20H37NO/c1-16(2)10-9-11-18(5)12-13-20(7,8)15-21(19(6)22)14-17(3)4/h10,12,17H,9,11,13-15H2,1-8H3/b18-12-. The van der Waals surface area contributed by atoms with Gasteiger partial charge in [-0.1, -0.05) is 51.0 Å². The van der Waals surface area contributed by atoms with Crippen LogP contribution in [0.25, 0.3) is 0 Å². The maximum absolute atomic E-state index is 11.8. The zero-order valence-electron chi connectivity index (χ0n) is 16.1. The highest BCUT2D eigenvalue weighted by Crippen LogP contribution is 2.24. The van der Waals surface area contributed by atoms with E-state index in [1.54, 1.807) is 6.92 Å². The molecule has 0 aliphatic rings. The van der Waals surface area contributed by atoms with E-state index < -0.39 is 0 Å². The number of allylic oxidation sites excluding steroid dienone is 4. The van der Waals surface area contributed by atoms with E-state index in [2.05, 4.69) is 60.6 Å². The molecule has 0 unspecified atom stereocenters. The lowest BCUT2D eigenvalue weighted by molar-refractivity contribution is -0.130. The molecule has 0 spiro atoms. The Bertz CT molecular complexity index is 398. The van der Waals surface area contributed by atoms with Crippen LogP contribution in [0.2, 0.25) is 0 Å². The van der Waals surface area contributed by atoms with E-state index >= 15 is 0 Å². The van der Waals surface area contributed by atoms with E-state index in [4.69, 9.17) is 0 Å². The predicted molar refractivity (Wildman–Crippen MR) is 97.9 cm³/mol. The molecule has 0 aromatic rings. The number of hydrogen-bond donors (Lipinski definition) is 0. The Balaban J connectivity index is 4.53. The first-order valence-corrected chi connectivity index (χ1v) is 8.58. The molecule has 1 amide bonds. The van der Waals surface area contributed by atoms with Crippen molar-refractivity contribution in [2.45, 2.75) is 74.7 Å². The second kappa shape index (κ2) is 9.86. The van der Waals surface area contributed by atoms with E-state index in [1.165, 1.54) is 11.1 Å². The number of carbonyl (C=O) groups excluding carboxylic acids is 1. The Hall–Kier alpha value is -1.05. The van der Waals surface area contributed by atoms with Crippen molar-refractivity contribution >= 4 is 5.91 Å². The Labute approximate surface area is 138 Å². The third-order valence-electron chi connectivity index (χ3n) is 3.74. The van der Waals surface area contributed by atoms with Crippen LogP contribution in [0.1, 0.15) is 74.7 Å². The van der Waals surface area contributed by atoms with E-state index in [0.29, 0.717) is 5.92 Å². The number of hydrogen-bond acceptors (Lipinski definition) is 1. The van der Waals surface area contributed by atoms with Crippen molar-refractivity contribution in [1.29, 1.82) is 0 Å². The molecule has 0 fully saturated rings. The molecule has 0 aliphatic heterocycles. The Kier molecular flexibility index (Phi) is 9.39. The normalized spacial score (nSPS) is 12.5. The van der Waals surface area contributed by atoms with Crippen LogP contribution in [0.5, 0.6) is 0 Å². The molecule has 0 heterocycles. The van der Waals surface area contributed by atoms with Crippen LogP contribution in [0, 0.1) is 11.3 Å². The zero-order chi connectivity index (χ0) is 17.3. The third kappa shape index (κ3) is 10.6. The van der Waals surface area contributed by atoms with Gasteiger partial charge in [-0.05, 0) is 51.4 Å². The van der Waals surface area contributed by atoms with Crippen molar-refractivity contribution in [3.05, 3.63) is 23.3 Å². The van der Waals surface area contributed by atoms with Gasteiger partial charge < -0.3 is 4.90 Å². The van der Waals surface area contributed by atoms with Gasteiger partial charge in [-0.15, -0.1) is 0 Å². The molecule has 0 rings (SSSR count). The second-order valence-corrected chi connectivity index (χ2v) is 8.03. The second-order valence-electron chi connectivity index (χ2n) is 8.03. The topological polar surface area (TPSA) is 20.3 Å². The molecular weight excluding hydrogens is 270 g/mol. The molecule has 2 heteroatoms. The van der Waals surface area contributed by atoms with Gasteiger partial charge in [0.05, 0.1) is 0 Å². The Morgan fingerprint density at radius 1 is 1.09 bits per heavy atom. The first-order chi connectivity index (χ1) is 10.0. The quantitative estimate of drug-likeness (QED) is 0.508. The third-order valence-corrected chi connectivity index (χ3v) is 3.74. The minimum Gasteiger partial charge on any atom is -0.342 e. The Morgan fingerprint density at radius 3 is 2.14 bits per heavy atom. The number of rotatable bonds is 9. The van der Waals surface area contributed by atoms with E-state index in [1.807, 2.05) is 4.90 Å². The van der Waals surface area contributed by atoms with Crippen LogP contribution in [0.4, 0.5) is 0 Å². The average Bonchev–Trinajstić information content (AvgIpc) is 2.34. The molecule has 0 bridgehead atoms. The molecule has 0 aromatic heterocycles. The van der Waals surface area contributed by atoms with E-state index in [0.717, 1.165) is 32.4 Å². The van der Waals surface area contributed by atoms with Crippen LogP contribution in [0.15, 0.2) is 23.3 Å². The fourth-order valence-electron chi connectivity index (χ4n) is 2.47.